The van der Waals surface area contributed by atoms with Crippen LogP contribution in [0.4, 0.5) is 11.5 Å². The third-order valence-corrected chi connectivity index (χ3v) is 11.3. The number of carbonyl (C=O) groups is 2. The third-order valence-electron chi connectivity index (χ3n) is 11.3. The van der Waals surface area contributed by atoms with Gasteiger partial charge < -0.3 is 24.0 Å². The Morgan fingerprint density at radius 3 is 2.36 bits per heavy atom. The van der Waals surface area contributed by atoms with Crippen LogP contribution in [0.2, 0.25) is 0 Å². The molecule has 3 aromatic heterocycles. The standard InChI is InChI=1S/C44H49N11O4/c1-31-14-15-36(51(2)40-16-19-45-44(47-40)58-3)29-37(31)38-30-55(50-48-38)35-17-21-53(22-18-35)42(56)33-11-7-12-34(28-33)43(57)54-25-23-52(24-26-54)20-8-13-41-46-39(49-59-41)27-32-9-5-4-6-10-32/h4-7,9-12,14-16,19,28-30,35H,8,13,17-18,20-27H2,1-3H3. The number of amides is 2. The van der Waals surface area contributed by atoms with E-state index in [1.54, 1.807) is 31.5 Å². The number of aryl methyl sites for hydroxylation is 2. The molecule has 2 aliphatic heterocycles. The highest BCUT2D eigenvalue weighted by atomic mass is 16.5. The second-order valence-electron chi connectivity index (χ2n) is 15.2. The third kappa shape index (κ3) is 9.31. The number of likely N-dealkylation sites (tertiary alicyclic amines) is 1. The number of piperidine rings is 1. The first kappa shape index (κ1) is 39.4. The van der Waals surface area contributed by atoms with Gasteiger partial charge in [-0.15, -0.1) is 5.10 Å². The number of hydrogen-bond donors (Lipinski definition) is 0. The number of ether oxygens (including phenoxy) is 1. The van der Waals surface area contributed by atoms with Gasteiger partial charge in [-0.1, -0.05) is 52.8 Å². The maximum atomic E-state index is 13.7. The second kappa shape index (κ2) is 18.0. The quantitative estimate of drug-likeness (QED) is 0.142. The molecule has 2 saturated heterocycles. The van der Waals surface area contributed by atoms with Crippen LogP contribution in [0.5, 0.6) is 6.01 Å². The highest BCUT2D eigenvalue weighted by Gasteiger charge is 2.28. The number of benzene rings is 3. The molecule has 3 aromatic carbocycles. The van der Waals surface area contributed by atoms with Crippen LogP contribution in [0, 0.1) is 6.92 Å². The molecule has 15 heteroatoms. The monoisotopic (exact) mass is 795 g/mol. The molecule has 2 aliphatic rings. The Hall–Kier alpha value is -6.48. The summed E-state index contributed by atoms with van der Waals surface area (Å²) >= 11 is 0. The van der Waals surface area contributed by atoms with Gasteiger partial charge in [-0.25, -0.2) is 9.67 Å². The van der Waals surface area contributed by atoms with Crippen LogP contribution in [0.15, 0.2) is 95.8 Å². The first-order chi connectivity index (χ1) is 28.8. The van der Waals surface area contributed by atoms with Gasteiger partial charge in [0.05, 0.1) is 19.3 Å². The number of methoxy groups -OCH3 is 1. The van der Waals surface area contributed by atoms with Crippen LogP contribution >= 0.6 is 0 Å². The SMILES string of the molecule is COc1nccc(N(C)c2ccc(C)c(-c3cn(C4CCN(C(=O)c5cccc(C(=O)N6CCN(CCCc7nc(Cc8ccccc8)no7)CC6)c5)CC4)nn3)c2)n1. The van der Waals surface area contributed by atoms with Crippen LogP contribution < -0.4 is 9.64 Å². The molecule has 2 amide bonds. The van der Waals surface area contributed by atoms with Gasteiger partial charge in [0.25, 0.3) is 11.8 Å². The normalized spacial score (nSPS) is 15.0. The molecule has 6 aromatic rings. The van der Waals surface area contributed by atoms with E-state index < -0.39 is 0 Å². The van der Waals surface area contributed by atoms with Crippen molar-refractivity contribution in [3.8, 4) is 17.3 Å². The second-order valence-corrected chi connectivity index (χ2v) is 15.2. The van der Waals surface area contributed by atoms with E-state index in [9.17, 15) is 9.59 Å². The number of anilines is 2. The molecule has 0 N–H and O–H groups in total. The lowest BCUT2D eigenvalue weighted by Gasteiger charge is -2.35. The molecule has 0 unspecified atom stereocenters. The maximum Gasteiger partial charge on any atom is 0.318 e. The molecule has 0 bridgehead atoms. The molecule has 0 aliphatic carbocycles. The Morgan fingerprint density at radius 2 is 1.61 bits per heavy atom. The molecule has 59 heavy (non-hydrogen) atoms. The summed E-state index contributed by atoms with van der Waals surface area (Å²) in [5, 5.41) is 13.2. The predicted octanol–water partition coefficient (Wildman–Crippen LogP) is 5.66. The highest BCUT2D eigenvalue weighted by Crippen LogP contribution is 2.31. The lowest BCUT2D eigenvalue weighted by atomic mass is 10.0. The van der Waals surface area contributed by atoms with Gasteiger partial charge in [0.2, 0.25) is 5.89 Å². The zero-order chi connectivity index (χ0) is 40.7. The average molecular weight is 796 g/mol. The molecule has 2 fully saturated rings. The average Bonchev–Trinajstić information content (AvgIpc) is 3.97. The van der Waals surface area contributed by atoms with E-state index in [2.05, 4.69) is 66.5 Å². The molecule has 15 nitrogen and oxygen atoms in total. The number of nitrogens with zero attached hydrogens (tertiary/aromatic N) is 11. The van der Waals surface area contributed by atoms with Crippen molar-refractivity contribution in [2.45, 2.75) is 45.1 Å². The molecular weight excluding hydrogens is 747 g/mol. The van der Waals surface area contributed by atoms with Crippen molar-refractivity contribution < 1.29 is 18.8 Å². The summed E-state index contributed by atoms with van der Waals surface area (Å²) in [7, 11) is 3.50. The van der Waals surface area contributed by atoms with E-state index in [1.807, 2.05) is 69.0 Å². The summed E-state index contributed by atoms with van der Waals surface area (Å²) in [5.74, 6) is 1.97. The summed E-state index contributed by atoms with van der Waals surface area (Å²) < 4.78 is 12.6. The van der Waals surface area contributed by atoms with Crippen molar-refractivity contribution in [3.05, 3.63) is 125 Å². The lowest BCUT2D eigenvalue weighted by molar-refractivity contribution is 0.0635. The van der Waals surface area contributed by atoms with Gasteiger partial charge in [-0.05, 0) is 80.3 Å². The van der Waals surface area contributed by atoms with Gasteiger partial charge in [0.1, 0.15) is 11.5 Å². The molecular formula is C44H49N11O4. The lowest BCUT2D eigenvalue weighted by Crippen LogP contribution is -2.48. The Bertz CT molecular complexity index is 2370. The van der Waals surface area contributed by atoms with Gasteiger partial charge in [-0.2, -0.15) is 9.97 Å². The van der Waals surface area contributed by atoms with Gasteiger partial charge in [0, 0.05) is 87.7 Å². The highest BCUT2D eigenvalue weighted by molar-refractivity contribution is 5.99. The summed E-state index contributed by atoms with van der Waals surface area (Å²) in [4.78, 5) is 48.5. The van der Waals surface area contributed by atoms with Crippen LogP contribution in [0.25, 0.3) is 11.3 Å². The fourth-order valence-electron chi connectivity index (χ4n) is 7.78. The van der Waals surface area contributed by atoms with E-state index in [-0.39, 0.29) is 17.9 Å². The van der Waals surface area contributed by atoms with Crippen molar-refractivity contribution in [1.29, 1.82) is 0 Å². The summed E-state index contributed by atoms with van der Waals surface area (Å²) in [6.45, 7) is 6.98. The zero-order valence-corrected chi connectivity index (χ0v) is 33.8. The van der Waals surface area contributed by atoms with E-state index in [0.717, 1.165) is 73.4 Å². The summed E-state index contributed by atoms with van der Waals surface area (Å²) in [6, 6.07) is 25.7. The Morgan fingerprint density at radius 1 is 0.864 bits per heavy atom. The van der Waals surface area contributed by atoms with Crippen LogP contribution in [-0.2, 0) is 12.8 Å². The molecule has 304 valence electrons. The van der Waals surface area contributed by atoms with Crippen molar-refractivity contribution in [3.63, 3.8) is 0 Å². The minimum absolute atomic E-state index is 0.0431. The number of piperazine rings is 1. The fourth-order valence-corrected chi connectivity index (χ4v) is 7.78. The fraction of sp³-hybridized carbons (Fsp3) is 0.364. The molecule has 8 rings (SSSR count). The molecule has 0 radical (unpaired) electrons. The molecule has 0 saturated carbocycles. The van der Waals surface area contributed by atoms with E-state index in [1.165, 1.54) is 0 Å². The van der Waals surface area contributed by atoms with Crippen molar-refractivity contribution in [2.24, 2.45) is 0 Å². The minimum Gasteiger partial charge on any atom is -0.467 e. The Balaban J connectivity index is 0.803. The first-order valence-corrected chi connectivity index (χ1v) is 20.2. The molecule has 0 atom stereocenters. The van der Waals surface area contributed by atoms with E-state index in [4.69, 9.17) is 9.26 Å². The van der Waals surface area contributed by atoms with Gasteiger partial charge in [0.15, 0.2) is 5.82 Å². The Kier molecular flexibility index (Phi) is 12.0. The Labute approximate surface area is 343 Å². The van der Waals surface area contributed by atoms with Crippen molar-refractivity contribution in [2.75, 3.05) is 64.9 Å². The van der Waals surface area contributed by atoms with E-state index >= 15 is 0 Å². The number of rotatable bonds is 13. The summed E-state index contributed by atoms with van der Waals surface area (Å²) in [6.07, 6.45) is 7.44. The van der Waals surface area contributed by atoms with Gasteiger partial charge >= 0.3 is 6.01 Å². The van der Waals surface area contributed by atoms with Crippen molar-refractivity contribution in [1.82, 2.24) is 49.8 Å². The minimum atomic E-state index is -0.0616. The number of hydrogen-bond acceptors (Lipinski definition) is 12. The molecule has 5 heterocycles. The summed E-state index contributed by atoms with van der Waals surface area (Å²) in [5.41, 5.74) is 6.02. The van der Waals surface area contributed by atoms with Gasteiger partial charge in [-0.3, -0.25) is 14.5 Å². The van der Waals surface area contributed by atoms with Crippen LogP contribution in [0.3, 0.4) is 0 Å². The molecule has 0 spiro atoms. The van der Waals surface area contributed by atoms with Crippen LogP contribution in [0.1, 0.15) is 68.9 Å². The topological polar surface area (TPSA) is 152 Å². The maximum absolute atomic E-state index is 13.7. The zero-order valence-electron chi connectivity index (χ0n) is 33.8. The number of carbonyl (C=O) groups excluding carboxylic acids is 2. The predicted molar refractivity (Wildman–Crippen MR) is 222 cm³/mol. The first-order valence-electron chi connectivity index (χ1n) is 20.2. The van der Waals surface area contributed by atoms with Crippen molar-refractivity contribution >= 4 is 23.3 Å². The van der Waals surface area contributed by atoms with E-state index in [0.29, 0.717) is 67.3 Å². The largest absolute Gasteiger partial charge is 0.467 e. The number of aromatic nitrogens is 7. The van der Waals surface area contributed by atoms with Crippen LogP contribution in [-0.4, -0.2) is 122 Å². The smallest absolute Gasteiger partial charge is 0.318 e.